The molecule has 0 saturated heterocycles. The fourth-order valence-electron chi connectivity index (χ4n) is 3.07. The van der Waals surface area contributed by atoms with E-state index in [0.717, 1.165) is 27.8 Å². The van der Waals surface area contributed by atoms with Crippen molar-refractivity contribution in [2.75, 3.05) is 0 Å². The van der Waals surface area contributed by atoms with Gasteiger partial charge in [-0.15, -0.1) is 0 Å². The number of hydrogen-bond acceptors (Lipinski definition) is 4. The molecule has 0 radical (unpaired) electrons. The summed E-state index contributed by atoms with van der Waals surface area (Å²) in [5.74, 6) is 0. The number of hydrogen-bond donors (Lipinski definition) is 1. The van der Waals surface area contributed by atoms with Gasteiger partial charge in [-0.3, -0.25) is 14.0 Å². The molecule has 5 nitrogen and oxygen atoms in total. The zero-order chi connectivity index (χ0) is 15.6. The summed E-state index contributed by atoms with van der Waals surface area (Å²) in [4.78, 5) is 32.5. The van der Waals surface area contributed by atoms with E-state index >= 15 is 0 Å². The Morgan fingerprint density at radius 2 is 1.70 bits per heavy atom. The summed E-state index contributed by atoms with van der Waals surface area (Å²) in [5, 5.41) is 2.05. The second-order valence-electron chi connectivity index (χ2n) is 5.34. The summed E-state index contributed by atoms with van der Waals surface area (Å²) < 4.78 is 1.76. The number of aromatic amines is 1. The van der Waals surface area contributed by atoms with Gasteiger partial charge in [0, 0.05) is 10.9 Å². The quantitative estimate of drug-likeness (QED) is 0.446. The van der Waals surface area contributed by atoms with Crippen LogP contribution in [0.25, 0.3) is 37.8 Å². The summed E-state index contributed by atoms with van der Waals surface area (Å²) in [6.45, 7) is 0. The Morgan fingerprint density at radius 3 is 2.57 bits per heavy atom. The molecule has 0 atom stereocenters. The number of benzene rings is 2. The van der Waals surface area contributed by atoms with E-state index in [4.69, 9.17) is 0 Å². The largest absolute Gasteiger partial charge is 0.340 e. The lowest BCUT2D eigenvalue weighted by Crippen LogP contribution is -2.12. The Kier molecular flexibility index (Phi) is 2.33. The van der Waals surface area contributed by atoms with Gasteiger partial charge in [0.1, 0.15) is 5.65 Å². The maximum Gasteiger partial charge on any atom is 0.281 e. The lowest BCUT2D eigenvalue weighted by Gasteiger charge is -2.05. The molecule has 5 rings (SSSR count). The van der Waals surface area contributed by atoms with E-state index in [1.807, 2.05) is 46.9 Å². The maximum absolute atomic E-state index is 12.6. The fourth-order valence-corrected chi connectivity index (χ4v) is 3.95. The molecule has 0 amide bonds. The highest BCUT2D eigenvalue weighted by molar-refractivity contribution is 7.15. The second-order valence-corrected chi connectivity index (χ2v) is 6.28. The van der Waals surface area contributed by atoms with Crippen molar-refractivity contribution in [2.24, 2.45) is 0 Å². The van der Waals surface area contributed by atoms with Crippen LogP contribution >= 0.6 is 11.3 Å². The van der Waals surface area contributed by atoms with Crippen LogP contribution in [0.4, 0.5) is 0 Å². The Labute approximate surface area is 132 Å². The van der Waals surface area contributed by atoms with Gasteiger partial charge in [-0.25, -0.2) is 0 Å². The van der Waals surface area contributed by atoms with E-state index in [0.29, 0.717) is 21.4 Å². The molecule has 0 unspecified atom stereocenters. The number of nitrogens with zero attached hydrogens (tertiary/aromatic N) is 2. The molecule has 0 bridgehead atoms. The predicted molar refractivity (Wildman–Crippen MR) is 92.5 cm³/mol. The van der Waals surface area contributed by atoms with E-state index in [1.165, 1.54) is 0 Å². The summed E-state index contributed by atoms with van der Waals surface area (Å²) in [5.41, 5.74) is 2.00. The van der Waals surface area contributed by atoms with Crippen LogP contribution in [0.15, 0.2) is 58.1 Å². The van der Waals surface area contributed by atoms with E-state index in [1.54, 1.807) is 6.07 Å². The van der Waals surface area contributed by atoms with Gasteiger partial charge in [0.25, 0.3) is 5.56 Å². The number of fused-ring (bicyclic) bond motifs is 7. The van der Waals surface area contributed by atoms with Gasteiger partial charge in [-0.05, 0) is 18.2 Å². The topological polar surface area (TPSA) is 67.2 Å². The van der Waals surface area contributed by atoms with Crippen molar-refractivity contribution >= 4 is 49.1 Å². The second kappa shape index (κ2) is 4.27. The first-order valence-corrected chi connectivity index (χ1v) is 7.91. The minimum Gasteiger partial charge on any atom is -0.340 e. The molecule has 0 aliphatic carbocycles. The van der Waals surface area contributed by atoms with Crippen LogP contribution in [0.5, 0.6) is 0 Å². The van der Waals surface area contributed by atoms with Crippen molar-refractivity contribution in [2.45, 2.75) is 0 Å². The van der Waals surface area contributed by atoms with Gasteiger partial charge in [-0.1, -0.05) is 41.7 Å². The molecule has 0 fully saturated rings. The minimum absolute atomic E-state index is 0.0976. The Morgan fingerprint density at radius 1 is 0.957 bits per heavy atom. The van der Waals surface area contributed by atoms with Crippen LogP contribution in [0.2, 0.25) is 0 Å². The monoisotopic (exact) mass is 319 g/mol. The first-order valence-electron chi connectivity index (χ1n) is 7.09. The zero-order valence-corrected chi connectivity index (χ0v) is 12.6. The Hall–Kier alpha value is -2.99. The predicted octanol–water partition coefficient (Wildman–Crippen LogP) is 2.90. The van der Waals surface area contributed by atoms with E-state index in [2.05, 4.69) is 9.97 Å². The van der Waals surface area contributed by atoms with Crippen LogP contribution < -0.4 is 10.3 Å². The molecule has 1 N–H and O–H groups in total. The van der Waals surface area contributed by atoms with Gasteiger partial charge in [0.2, 0.25) is 9.70 Å². The molecular formula is C17H9N3O2S. The third-order valence-corrected chi connectivity index (χ3v) is 4.91. The fraction of sp³-hybridized carbons (Fsp3) is 0. The van der Waals surface area contributed by atoms with E-state index < -0.39 is 0 Å². The van der Waals surface area contributed by atoms with Crippen LogP contribution in [0.3, 0.4) is 0 Å². The molecule has 0 aliphatic rings. The van der Waals surface area contributed by atoms with E-state index in [9.17, 15) is 9.59 Å². The molecule has 3 aromatic heterocycles. The van der Waals surface area contributed by atoms with Gasteiger partial charge in [0.15, 0.2) is 0 Å². The summed E-state index contributed by atoms with van der Waals surface area (Å²) in [7, 11) is 0. The van der Waals surface area contributed by atoms with Crippen molar-refractivity contribution in [3.05, 3.63) is 68.4 Å². The molecule has 0 spiro atoms. The minimum atomic E-state index is -0.313. The lowest BCUT2D eigenvalue weighted by molar-refractivity contribution is 1.18. The zero-order valence-electron chi connectivity index (χ0n) is 11.7. The van der Waals surface area contributed by atoms with Crippen LogP contribution in [0.1, 0.15) is 0 Å². The summed E-state index contributed by atoms with van der Waals surface area (Å²) in [6, 6.07) is 15.0. The molecular weight excluding hydrogens is 310 g/mol. The Balaban J connectivity index is 2.22. The molecule has 6 heteroatoms. The smallest absolute Gasteiger partial charge is 0.281 e. The first-order chi connectivity index (χ1) is 11.2. The van der Waals surface area contributed by atoms with E-state index in [-0.39, 0.29) is 10.3 Å². The molecule has 5 aromatic rings. The van der Waals surface area contributed by atoms with Gasteiger partial charge in [-0.2, -0.15) is 4.98 Å². The summed E-state index contributed by atoms with van der Waals surface area (Å²) in [6.07, 6.45) is 0. The first kappa shape index (κ1) is 12.5. The number of para-hydroxylation sites is 2. The van der Waals surface area contributed by atoms with Gasteiger partial charge < -0.3 is 4.98 Å². The van der Waals surface area contributed by atoms with Crippen LogP contribution in [0, 0.1) is 0 Å². The lowest BCUT2D eigenvalue weighted by atomic mass is 10.2. The third kappa shape index (κ3) is 1.58. The highest BCUT2D eigenvalue weighted by Gasteiger charge is 2.15. The highest BCUT2D eigenvalue weighted by atomic mass is 32.1. The average Bonchev–Trinajstić information content (AvgIpc) is 2.94. The summed E-state index contributed by atoms with van der Waals surface area (Å²) >= 11 is 0.996. The van der Waals surface area contributed by atoms with Gasteiger partial charge in [0.05, 0.1) is 16.3 Å². The van der Waals surface area contributed by atoms with Gasteiger partial charge >= 0.3 is 0 Å². The number of nitrogens with one attached hydrogen (secondary N) is 1. The Bertz CT molecular complexity index is 1360. The SMILES string of the molecule is O=c1nc2sc(=O)c3c4ccccc4[nH]c3n2c2ccccc12. The van der Waals surface area contributed by atoms with Crippen molar-refractivity contribution in [1.82, 2.24) is 14.4 Å². The standard InChI is InChI=1S/C17H9N3O2S/c21-15-10-6-2-4-8-12(10)20-14-13(16(22)23-17(20)19-15)9-5-1-3-7-11(9)18-14/h1-8,18H. The highest BCUT2D eigenvalue weighted by Crippen LogP contribution is 2.26. The maximum atomic E-state index is 12.6. The molecule has 2 aromatic carbocycles. The molecule has 110 valence electrons. The van der Waals surface area contributed by atoms with Crippen molar-refractivity contribution in [1.29, 1.82) is 0 Å². The normalized spacial score (nSPS) is 11.8. The van der Waals surface area contributed by atoms with Crippen molar-refractivity contribution in [3.63, 3.8) is 0 Å². The average molecular weight is 319 g/mol. The molecule has 0 saturated carbocycles. The number of rotatable bonds is 0. The van der Waals surface area contributed by atoms with Crippen molar-refractivity contribution < 1.29 is 0 Å². The third-order valence-electron chi connectivity index (χ3n) is 4.06. The van der Waals surface area contributed by atoms with Crippen LogP contribution in [-0.2, 0) is 0 Å². The number of H-pyrrole nitrogens is 1. The molecule has 0 aliphatic heterocycles. The number of aromatic nitrogens is 3. The van der Waals surface area contributed by atoms with Crippen LogP contribution in [-0.4, -0.2) is 14.4 Å². The molecule has 23 heavy (non-hydrogen) atoms. The molecule has 3 heterocycles. The van der Waals surface area contributed by atoms with Crippen molar-refractivity contribution in [3.8, 4) is 0 Å².